The van der Waals surface area contributed by atoms with Crippen LogP contribution in [0.2, 0.25) is 0 Å². The summed E-state index contributed by atoms with van der Waals surface area (Å²) in [5.74, 6) is -0.144. The molecule has 1 aromatic carbocycles. The maximum Gasteiger partial charge on any atom is 0.123 e. The lowest BCUT2D eigenvalue weighted by molar-refractivity contribution is 0.478. The predicted molar refractivity (Wildman–Crippen MR) is 84.8 cm³/mol. The van der Waals surface area contributed by atoms with Crippen LogP contribution in [0.25, 0.3) is 0 Å². The molecular weight excluding hydrogens is 269 g/mol. The van der Waals surface area contributed by atoms with Crippen molar-refractivity contribution >= 4 is 11.3 Å². The van der Waals surface area contributed by atoms with Crippen molar-refractivity contribution < 1.29 is 4.39 Å². The molecule has 108 valence electrons. The van der Waals surface area contributed by atoms with E-state index in [0.717, 1.165) is 37.8 Å². The molecule has 0 radical (unpaired) electrons. The summed E-state index contributed by atoms with van der Waals surface area (Å²) >= 11 is 1.81. The van der Waals surface area contributed by atoms with Gasteiger partial charge in [-0.3, -0.25) is 0 Å². The first kappa shape index (κ1) is 15.2. The van der Waals surface area contributed by atoms with Crippen molar-refractivity contribution in [2.45, 2.75) is 38.6 Å². The highest BCUT2D eigenvalue weighted by atomic mass is 32.1. The summed E-state index contributed by atoms with van der Waals surface area (Å²) < 4.78 is 13.3. The number of thiophene rings is 1. The number of hydrogen-bond donors (Lipinski definition) is 1. The minimum atomic E-state index is -0.144. The zero-order valence-electron chi connectivity index (χ0n) is 11.9. The number of aryl methyl sites for hydroxylation is 1. The van der Waals surface area contributed by atoms with Crippen molar-refractivity contribution in [2.75, 3.05) is 6.54 Å². The topological polar surface area (TPSA) is 12.0 Å². The average Bonchev–Trinajstić information content (AvgIpc) is 2.95. The van der Waals surface area contributed by atoms with E-state index in [1.165, 1.54) is 10.9 Å². The molecule has 1 heterocycles. The molecule has 2 rings (SSSR count). The molecule has 1 atom stereocenters. The molecule has 0 fully saturated rings. The van der Waals surface area contributed by atoms with Crippen LogP contribution in [-0.2, 0) is 12.8 Å². The normalized spacial score (nSPS) is 12.5. The number of hydrogen-bond acceptors (Lipinski definition) is 2. The van der Waals surface area contributed by atoms with E-state index in [9.17, 15) is 4.39 Å². The van der Waals surface area contributed by atoms with E-state index in [0.29, 0.717) is 6.04 Å². The van der Waals surface area contributed by atoms with Crippen LogP contribution >= 0.6 is 11.3 Å². The summed E-state index contributed by atoms with van der Waals surface area (Å²) in [6, 6.07) is 11.6. The highest BCUT2D eigenvalue weighted by Gasteiger charge is 2.10. The van der Waals surface area contributed by atoms with Crippen LogP contribution in [0, 0.1) is 5.82 Å². The molecule has 0 saturated carbocycles. The lowest BCUT2D eigenvalue weighted by Crippen LogP contribution is -2.32. The number of benzene rings is 1. The van der Waals surface area contributed by atoms with Crippen molar-refractivity contribution in [1.82, 2.24) is 5.32 Å². The van der Waals surface area contributed by atoms with Gasteiger partial charge in [-0.1, -0.05) is 25.1 Å². The Kier molecular flexibility index (Phi) is 6.22. The molecule has 2 aromatic rings. The van der Waals surface area contributed by atoms with Gasteiger partial charge in [-0.2, -0.15) is 0 Å². The molecule has 1 nitrogen and oxygen atoms in total. The van der Waals surface area contributed by atoms with Gasteiger partial charge in [0.15, 0.2) is 0 Å². The maximum absolute atomic E-state index is 13.3. The summed E-state index contributed by atoms with van der Waals surface area (Å²) in [5, 5.41) is 5.70. The Hall–Kier alpha value is -1.19. The Labute approximate surface area is 124 Å². The Morgan fingerprint density at radius 1 is 1.25 bits per heavy atom. The second-order valence-corrected chi connectivity index (χ2v) is 6.14. The average molecular weight is 291 g/mol. The standard InChI is InChI=1S/C17H22FNS/c1-2-10-19-16(8-9-17-7-4-11-20-17)13-14-5-3-6-15(18)12-14/h3-7,11-12,16,19H,2,8-10,13H2,1H3. The SMILES string of the molecule is CCCNC(CCc1cccs1)Cc1cccc(F)c1. The third-order valence-electron chi connectivity index (χ3n) is 3.37. The minimum Gasteiger partial charge on any atom is -0.314 e. The van der Waals surface area contributed by atoms with Gasteiger partial charge in [0.1, 0.15) is 5.82 Å². The lowest BCUT2D eigenvalue weighted by Gasteiger charge is -2.18. The van der Waals surface area contributed by atoms with Gasteiger partial charge in [0.25, 0.3) is 0 Å². The molecule has 1 aromatic heterocycles. The Bertz CT molecular complexity index is 495. The van der Waals surface area contributed by atoms with Gasteiger partial charge in [-0.05, 0) is 61.4 Å². The first-order valence-electron chi connectivity index (χ1n) is 7.28. The van der Waals surface area contributed by atoms with Crippen molar-refractivity contribution in [1.29, 1.82) is 0 Å². The second-order valence-electron chi connectivity index (χ2n) is 5.10. The monoisotopic (exact) mass is 291 g/mol. The van der Waals surface area contributed by atoms with Gasteiger partial charge in [0.2, 0.25) is 0 Å². The number of nitrogens with one attached hydrogen (secondary N) is 1. The Balaban J connectivity index is 1.92. The molecular formula is C17H22FNS. The molecule has 0 saturated heterocycles. The predicted octanol–water partition coefficient (Wildman–Crippen LogP) is 4.43. The van der Waals surface area contributed by atoms with E-state index in [1.807, 2.05) is 17.4 Å². The van der Waals surface area contributed by atoms with Gasteiger partial charge < -0.3 is 5.32 Å². The quantitative estimate of drug-likeness (QED) is 0.758. The van der Waals surface area contributed by atoms with E-state index < -0.39 is 0 Å². The number of rotatable bonds is 8. The van der Waals surface area contributed by atoms with Gasteiger partial charge >= 0.3 is 0 Å². The summed E-state index contributed by atoms with van der Waals surface area (Å²) in [6.07, 6.45) is 4.20. The molecule has 0 bridgehead atoms. The van der Waals surface area contributed by atoms with Crippen LogP contribution < -0.4 is 5.32 Å². The van der Waals surface area contributed by atoms with E-state index in [2.05, 4.69) is 29.8 Å². The fourth-order valence-electron chi connectivity index (χ4n) is 2.34. The van der Waals surface area contributed by atoms with Crippen LogP contribution in [0.15, 0.2) is 41.8 Å². The van der Waals surface area contributed by atoms with Gasteiger partial charge in [0.05, 0.1) is 0 Å². The van der Waals surface area contributed by atoms with Crippen molar-refractivity contribution in [3.8, 4) is 0 Å². The highest BCUT2D eigenvalue weighted by molar-refractivity contribution is 7.09. The molecule has 20 heavy (non-hydrogen) atoms. The Morgan fingerprint density at radius 3 is 2.85 bits per heavy atom. The molecule has 0 amide bonds. The molecule has 1 N–H and O–H groups in total. The number of halogens is 1. The van der Waals surface area contributed by atoms with Gasteiger partial charge in [0, 0.05) is 10.9 Å². The van der Waals surface area contributed by atoms with Crippen molar-refractivity contribution in [3.63, 3.8) is 0 Å². The summed E-state index contributed by atoms with van der Waals surface area (Å²) in [5.41, 5.74) is 1.07. The molecule has 1 unspecified atom stereocenters. The fourth-order valence-corrected chi connectivity index (χ4v) is 3.07. The third-order valence-corrected chi connectivity index (χ3v) is 4.31. The zero-order valence-corrected chi connectivity index (χ0v) is 12.8. The van der Waals surface area contributed by atoms with E-state index in [-0.39, 0.29) is 5.82 Å². The lowest BCUT2D eigenvalue weighted by atomic mass is 10.0. The van der Waals surface area contributed by atoms with Crippen LogP contribution in [-0.4, -0.2) is 12.6 Å². The fraction of sp³-hybridized carbons (Fsp3) is 0.412. The smallest absolute Gasteiger partial charge is 0.123 e. The summed E-state index contributed by atoms with van der Waals surface area (Å²) in [6.45, 7) is 3.19. The van der Waals surface area contributed by atoms with Crippen LogP contribution in [0.1, 0.15) is 30.2 Å². The second kappa shape index (κ2) is 8.18. The van der Waals surface area contributed by atoms with Crippen LogP contribution in [0.3, 0.4) is 0 Å². The van der Waals surface area contributed by atoms with Crippen LogP contribution in [0.4, 0.5) is 4.39 Å². The minimum absolute atomic E-state index is 0.144. The summed E-state index contributed by atoms with van der Waals surface area (Å²) in [4.78, 5) is 1.42. The van der Waals surface area contributed by atoms with E-state index >= 15 is 0 Å². The van der Waals surface area contributed by atoms with Gasteiger partial charge in [-0.25, -0.2) is 4.39 Å². The molecule has 0 aliphatic heterocycles. The van der Waals surface area contributed by atoms with Crippen LogP contribution in [0.5, 0.6) is 0 Å². The molecule has 0 spiro atoms. The molecule has 3 heteroatoms. The van der Waals surface area contributed by atoms with E-state index in [4.69, 9.17) is 0 Å². The largest absolute Gasteiger partial charge is 0.314 e. The third kappa shape index (κ3) is 5.06. The maximum atomic E-state index is 13.3. The first-order chi connectivity index (χ1) is 9.78. The highest BCUT2D eigenvalue weighted by Crippen LogP contribution is 2.15. The first-order valence-corrected chi connectivity index (χ1v) is 8.16. The van der Waals surface area contributed by atoms with Gasteiger partial charge in [-0.15, -0.1) is 11.3 Å². The van der Waals surface area contributed by atoms with Crippen molar-refractivity contribution in [3.05, 3.63) is 58.0 Å². The Morgan fingerprint density at radius 2 is 2.15 bits per heavy atom. The van der Waals surface area contributed by atoms with Crippen molar-refractivity contribution in [2.24, 2.45) is 0 Å². The zero-order chi connectivity index (χ0) is 14.2. The van der Waals surface area contributed by atoms with E-state index in [1.54, 1.807) is 12.1 Å². The summed E-state index contributed by atoms with van der Waals surface area (Å²) in [7, 11) is 0. The molecule has 0 aliphatic carbocycles. The molecule has 0 aliphatic rings.